The van der Waals surface area contributed by atoms with Gasteiger partial charge in [-0.1, -0.05) is 43.7 Å². The van der Waals surface area contributed by atoms with E-state index in [4.69, 9.17) is 15.2 Å². The summed E-state index contributed by atoms with van der Waals surface area (Å²) in [5.41, 5.74) is 6.38. The zero-order valence-electron chi connectivity index (χ0n) is 14.3. The van der Waals surface area contributed by atoms with Gasteiger partial charge in [0.15, 0.2) is 0 Å². The summed E-state index contributed by atoms with van der Waals surface area (Å²) in [6, 6.07) is 8.70. The molecule has 0 fully saturated rings. The molecule has 0 radical (unpaired) electrons. The lowest BCUT2D eigenvalue weighted by Gasteiger charge is -2.17. The Morgan fingerprint density at radius 3 is 2.54 bits per heavy atom. The van der Waals surface area contributed by atoms with Gasteiger partial charge in [0, 0.05) is 0 Å². The maximum Gasteiger partial charge on any atom is 0.407 e. The third kappa shape index (κ3) is 8.53. The highest BCUT2D eigenvalue weighted by Crippen LogP contribution is 2.07. The first kappa shape index (κ1) is 20.0. The monoisotopic (exact) mass is 336 g/mol. The van der Waals surface area contributed by atoms with Crippen molar-refractivity contribution in [2.45, 2.75) is 51.7 Å². The van der Waals surface area contributed by atoms with Crippen LogP contribution in [-0.2, 0) is 20.9 Å². The number of nitrogens with two attached hydrogens (primary N) is 1. The van der Waals surface area contributed by atoms with Crippen LogP contribution in [0.3, 0.4) is 0 Å². The van der Waals surface area contributed by atoms with E-state index in [0.29, 0.717) is 19.6 Å². The molecule has 0 bridgehead atoms. The van der Waals surface area contributed by atoms with Crippen molar-refractivity contribution in [1.82, 2.24) is 5.32 Å². The molecule has 1 amide bonds. The number of carbonyl (C=O) groups is 2. The van der Waals surface area contributed by atoms with E-state index < -0.39 is 18.1 Å². The quantitative estimate of drug-likeness (QED) is 0.479. The standard InChI is InChI=1S/C18H28N2O4/c1-2-3-13-23-18(22)20-16(11-7-8-12-19)17(21)24-14-15-9-5-4-6-10-15/h4-6,9-10,16H,2-3,7-8,11-14,19H2,1H3,(H,20,22). The first-order valence-corrected chi connectivity index (χ1v) is 8.51. The third-order valence-electron chi connectivity index (χ3n) is 3.48. The van der Waals surface area contributed by atoms with E-state index in [1.54, 1.807) is 0 Å². The number of rotatable bonds is 11. The van der Waals surface area contributed by atoms with Crippen LogP contribution in [0.25, 0.3) is 0 Å². The van der Waals surface area contributed by atoms with E-state index in [1.165, 1.54) is 0 Å². The fourth-order valence-corrected chi connectivity index (χ4v) is 2.06. The Labute approximate surface area is 143 Å². The number of unbranched alkanes of at least 4 members (excludes halogenated alkanes) is 2. The molecule has 3 N–H and O–H groups in total. The number of nitrogens with one attached hydrogen (secondary N) is 1. The minimum atomic E-state index is -0.714. The second kappa shape index (κ2) is 12.4. The van der Waals surface area contributed by atoms with Gasteiger partial charge in [-0.05, 0) is 37.8 Å². The van der Waals surface area contributed by atoms with Crippen molar-refractivity contribution in [3.8, 4) is 0 Å². The number of hydrogen-bond donors (Lipinski definition) is 2. The zero-order chi connectivity index (χ0) is 17.6. The molecule has 1 aromatic rings. The molecule has 0 aromatic heterocycles. The molecule has 1 rings (SSSR count). The maximum absolute atomic E-state index is 12.3. The fourth-order valence-electron chi connectivity index (χ4n) is 2.06. The highest BCUT2D eigenvalue weighted by atomic mass is 16.6. The molecule has 0 aliphatic carbocycles. The summed E-state index contributed by atoms with van der Waals surface area (Å²) < 4.78 is 10.4. The van der Waals surface area contributed by atoms with E-state index in [1.807, 2.05) is 37.3 Å². The number of amides is 1. The molecular formula is C18H28N2O4. The molecule has 6 heteroatoms. The molecular weight excluding hydrogens is 308 g/mol. The summed E-state index contributed by atoms with van der Waals surface area (Å²) in [6.45, 7) is 3.08. The minimum absolute atomic E-state index is 0.180. The van der Waals surface area contributed by atoms with Crippen LogP contribution < -0.4 is 11.1 Å². The van der Waals surface area contributed by atoms with Crippen molar-refractivity contribution < 1.29 is 19.1 Å². The van der Waals surface area contributed by atoms with Crippen molar-refractivity contribution in [3.05, 3.63) is 35.9 Å². The molecule has 24 heavy (non-hydrogen) atoms. The van der Waals surface area contributed by atoms with Crippen LogP contribution in [0.4, 0.5) is 4.79 Å². The van der Waals surface area contributed by atoms with Crippen molar-refractivity contribution in [1.29, 1.82) is 0 Å². The van der Waals surface area contributed by atoms with Crippen LogP contribution in [0.1, 0.15) is 44.6 Å². The van der Waals surface area contributed by atoms with Gasteiger partial charge >= 0.3 is 12.1 Å². The Morgan fingerprint density at radius 1 is 1.12 bits per heavy atom. The molecule has 1 aromatic carbocycles. The number of alkyl carbamates (subject to hydrolysis) is 1. The van der Waals surface area contributed by atoms with E-state index in [-0.39, 0.29) is 6.61 Å². The van der Waals surface area contributed by atoms with Crippen molar-refractivity contribution >= 4 is 12.1 Å². The number of ether oxygens (including phenoxy) is 2. The normalized spacial score (nSPS) is 11.6. The number of benzene rings is 1. The summed E-state index contributed by atoms with van der Waals surface area (Å²) in [7, 11) is 0. The highest BCUT2D eigenvalue weighted by molar-refractivity contribution is 5.81. The molecule has 0 aliphatic heterocycles. The minimum Gasteiger partial charge on any atom is -0.459 e. The Morgan fingerprint density at radius 2 is 1.88 bits per heavy atom. The molecule has 0 heterocycles. The van der Waals surface area contributed by atoms with Crippen LogP contribution in [-0.4, -0.2) is 31.3 Å². The summed E-state index contributed by atoms with van der Waals surface area (Å²) in [4.78, 5) is 24.0. The summed E-state index contributed by atoms with van der Waals surface area (Å²) in [5.74, 6) is -0.455. The van der Waals surface area contributed by atoms with Crippen molar-refractivity contribution in [2.24, 2.45) is 5.73 Å². The van der Waals surface area contributed by atoms with Gasteiger partial charge in [-0.2, -0.15) is 0 Å². The van der Waals surface area contributed by atoms with Crippen molar-refractivity contribution in [3.63, 3.8) is 0 Å². The molecule has 1 atom stereocenters. The van der Waals surface area contributed by atoms with Crippen molar-refractivity contribution in [2.75, 3.05) is 13.2 Å². The van der Waals surface area contributed by atoms with Gasteiger partial charge in [-0.25, -0.2) is 9.59 Å². The van der Waals surface area contributed by atoms with Crippen LogP contribution >= 0.6 is 0 Å². The number of carbonyl (C=O) groups excluding carboxylic acids is 2. The van der Waals surface area contributed by atoms with Gasteiger partial charge in [0.1, 0.15) is 12.6 Å². The van der Waals surface area contributed by atoms with E-state index in [9.17, 15) is 9.59 Å². The molecule has 0 spiro atoms. The molecule has 0 saturated carbocycles. The van der Waals surface area contributed by atoms with Gasteiger partial charge in [-0.3, -0.25) is 0 Å². The van der Waals surface area contributed by atoms with E-state index in [2.05, 4.69) is 5.32 Å². The first-order chi connectivity index (χ1) is 11.7. The topological polar surface area (TPSA) is 90.6 Å². The highest BCUT2D eigenvalue weighted by Gasteiger charge is 2.22. The van der Waals surface area contributed by atoms with Gasteiger partial charge < -0.3 is 20.5 Å². The average Bonchev–Trinajstić information content (AvgIpc) is 2.60. The number of esters is 1. The third-order valence-corrected chi connectivity index (χ3v) is 3.48. The first-order valence-electron chi connectivity index (χ1n) is 8.51. The molecule has 6 nitrogen and oxygen atoms in total. The summed E-state index contributed by atoms with van der Waals surface area (Å²) >= 11 is 0. The van der Waals surface area contributed by atoms with E-state index in [0.717, 1.165) is 31.2 Å². The average molecular weight is 336 g/mol. The van der Waals surface area contributed by atoms with Gasteiger partial charge in [0.25, 0.3) is 0 Å². The van der Waals surface area contributed by atoms with Crippen LogP contribution in [0, 0.1) is 0 Å². The Balaban J connectivity index is 2.49. The molecule has 0 saturated heterocycles. The van der Waals surface area contributed by atoms with Gasteiger partial charge in [0.05, 0.1) is 6.61 Å². The van der Waals surface area contributed by atoms with E-state index >= 15 is 0 Å². The van der Waals surface area contributed by atoms with Crippen LogP contribution in [0.2, 0.25) is 0 Å². The van der Waals surface area contributed by atoms with Gasteiger partial charge in [0.2, 0.25) is 0 Å². The second-order valence-corrected chi connectivity index (χ2v) is 5.56. The molecule has 0 aliphatic rings. The smallest absolute Gasteiger partial charge is 0.407 e. The molecule has 1 unspecified atom stereocenters. The SMILES string of the molecule is CCCCOC(=O)NC(CCCCN)C(=O)OCc1ccccc1. The molecule has 134 valence electrons. The largest absolute Gasteiger partial charge is 0.459 e. The van der Waals surface area contributed by atoms with Crippen LogP contribution in [0.15, 0.2) is 30.3 Å². The zero-order valence-corrected chi connectivity index (χ0v) is 14.3. The predicted octanol–water partition coefficient (Wildman–Crippen LogP) is 2.75. The lowest BCUT2D eigenvalue weighted by atomic mass is 10.1. The van der Waals surface area contributed by atoms with Gasteiger partial charge in [-0.15, -0.1) is 0 Å². The Bertz CT molecular complexity index is 479. The lowest BCUT2D eigenvalue weighted by Crippen LogP contribution is -2.42. The number of hydrogen-bond acceptors (Lipinski definition) is 5. The fraction of sp³-hybridized carbons (Fsp3) is 0.556. The predicted molar refractivity (Wildman–Crippen MR) is 92.3 cm³/mol. The second-order valence-electron chi connectivity index (χ2n) is 5.56. The summed E-state index contributed by atoms with van der Waals surface area (Å²) in [5, 5.41) is 2.59. The lowest BCUT2D eigenvalue weighted by molar-refractivity contribution is -0.147. The Kier molecular flexibility index (Phi) is 10.3. The van der Waals surface area contributed by atoms with Crippen LogP contribution in [0.5, 0.6) is 0 Å². The Hall–Kier alpha value is -2.08. The maximum atomic E-state index is 12.3. The summed E-state index contributed by atoms with van der Waals surface area (Å²) in [6.07, 6.45) is 3.15.